The number of H-pyrrole nitrogens is 1. The van der Waals surface area contributed by atoms with Gasteiger partial charge in [-0.15, -0.1) is 0 Å². The summed E-state index contributed by atoms with van der Waals surface area (Å²) in [5, 5.41) is 5.27. The molecule has 0 saturated heterocycles. The number of methoxy groups -OCH3 is 2. The van der Waals surface area contributed by atoms with Gasteiger partial charge in [-0.05, 0) is 67.8 Å². The number of benzene rings is 2. The lowest BCUT2D eigenvalue weighted by Gasteiger charge is -2.10. The molecule has 2 aromatic heterocycles. The first-order valence-electron chi connectivity index (χ1n) is 10.8. The van der Waals surface area contributed by atoms with E-state index in [2.05, 4.69) is 28.1 Å². The Morgan fingerprint density at radius 2 is 1.84 bits per heavy atom. The predicted octanol–water partition coefficient (Wildman–Crippen LogP) is 4.20. The highest BCUT2D eigenvalue weighted by molar-refractivity contribution is 5.93. The average molecular weight is 436 g/mol. The van der Waals surface area contributed by atoms with Gasteiger partial charge in [-0.1, -0.05) is 12.1 Å². The lowest BCUT2D eigenvalue weighted by Crippen LogP contribution is -2.12. The summed E-state index contributed by atoms with van der Waals surface area (Å²) in [4.78, 5) is 8.07. The number of hydrogen-bond acceptors (Lipinski definition) is 7. The van der Waals surface area contributed by atoms with Crippen LogP contribution in [0.2, 0.25) is 0 Å². The molecule has 0 radical (unpaired) electrons. The largest absolute Gasteiger partial charge is 0.493 e. The van der Waals surface area contributed by atoms with Crippen LogP contribution in [0.4, 0.5) is 0 Å². The summed E-state index contributed by atoms with van der Waals surface area (Å²) in [6.45, 7) is 2.73. The number of nitrogens with one attached hydrogen (secondary N) is 1. The molecule has 8 nitrogen and oxygen atoms in total. The second-order valence-corrected chi connectivity index (χ2v) is 7.66. The van der Waals surface area contributed by atoms with Gasteiger partial charge in [0.15, 0.2) is 11.5 Å². The summed E-state index contributed by atoms with van der Waals surface area (Å²) in [5.74, 6) is 2.35. The van der Waals surface area contributed by atoms with Crippen LogP contribution >= 0.6 is 0 Å². The van der Waals surface area contributed by atoms with Crippen molar-refractivity contribution in [2.24, 2.45) is 11.5 Å². The van der Waals surface area contributed by atoms with E-state index >= 15 is 0 Å². The van der Waals surface area contributed by atoms with Crippen LogP contribution in [0.1, 0.15) is 37.3 Å². The molecule has 1 atom stereocenters. The third-order valence-corrected chi connectivity index (χ3v) is 5.67. The summed E-state index contributed by atoms with van der Waals surface area (Å²) in [6.07, 6.45) is 2.38. The Kier molecular flexibility index (Phi) is 6.43. The zero-order valence-corrected chi connectivity index (χ0v) is 18.6. The Morgan fingerprint density at radius 1 is 1.06 bits per heavy atom. The van der Waals surface area contributed by atoms with Crippen LogP contribution in [0.5, 0.6) is 11.5 Å². The van der Waals surface area contributed by atoms with Crippen LogP contribution in [-0.2, 0) is 6.42 Å². The van der Waals surface area contributed by atoms with Crippen molar-refractivity contribution in [2.45, 2.75) is 32.2 Å². The monoisotopic (exact) mass is 435 g/mol. The van der Waals surface area contributed by atoms with Gasteiger partial charge in [0.2, 0.25) is 11.7 Å². The number of aromatic nitrogens is 3. The highest BCUT2D eigenvalue weighted by Crippen LogP contribution is 2.37. The van der Waals surface area contributed by atoms with E-state index < -0.39 is 0 Å². The number of aryl methyl sites for hydroxylation is 1. The standard InChI is InChI=1S/C24H29N5O3/c1-4-16-17-12-15(23-28-24(32-29-23)18(26)6-5-11-25)7-9-19(17)27-22(16)14-8-10-20(30-2)21(13-14)31-3/h7-10,12-13,18,27H,4-6,11,25-26H2,1-3H3/t18-/m0/s1. The Balaban J connectivity index is 1.72. The topological polar surface area (TPSA) is 125 Å². The summed E-state index contributed by atoms with van der Waals surface area (Å²) in [6, 6.07) is 11.7. The van der Waals surface area contributed by atoms with Gasteiger partial charge in [-0.3, -0.25) is 0 Å². The molecule has 2 heterocycles. The molecule has 0 aliphatic heterocycles. The van der Waals surface area contributed by atoms with E-state index in [0.29, 0.717) is 36.2 Å². The SMILES string of the molecule is CCc1c(-c2ccc(OC)c(OC)c2)[nH]c2ccc(-c3noc([C@@H](N)CCCN)n3)cc12. The molecule has 168 valence electrons. The van der Waals surface area contributed by atoms with E-state index in [1.165, 1.54) is 5.56 Å². The van der Waals surface area contributed by atoms with Gasteiger partial charge in [0.25, 0.3) is 0 Å². The van der Waals surface area contributed by atoms with E-state index in [-0.39, 0.29) is 6.04 Å². The molecule has 0 saturated carbocycles. The molecule has 4 aromatic rings. The van der Waals surface area contributed by atoms with Crippen molar-refractivity contribution in [3.63, 3.8) is 0 Å². The Morgan fingerprint density at radius 3 is 2.56 bits per heavy atom. The van der Waals surface area contributed by atoms with Gasteiger partial charge in [-0.2, -0.15) is 4.98 Å². The highest BCUT2D eigenvalue weighted by atomic mass is 16.5. The number of ether oxygens (including phenoxy) is 2. The first kappa shape index (κ1) is 21.9. The van der Waals surface area contributed by atoms with Crippen LogP contribution in [0, 0.1) is 0 Å². The van der Waals surface area contributed by atoms with Gasteiger partial charge in [0.05, 0.1) is 20.3 Å². The van der Waals surface area contributed by atoms with E-state index in [1.54, 1.807) is 14.2 Å². The molecule has 0 bridgehead atoms. The zero-order valence-electron chi connectivity index (χ0n) is 18.6. The minimum absolute atomic E-state index is 0.307. The van der Waals surface area contributed by atoms with Crippen LogP contribution in [-0.4, -0.2) is 35.9 Å². The van der Waals surface area contributed by atoms with Crippen molar-refractivity contribution < 1.29 is 14.0 Å². The molecule has 0 fully saturated rings. The summed E-state index contributed by atoms with van der Waals surface area (Å²) in [5.41, 5.74) is 16.9. The third kappa shape index (κ3) is 4.06. The fourth-order valence-electron chi connectivity index (χ4n) is 3.96. The lowest BCUT2D eigenvalue weighted by molar-refractivity contribution is 0.347. The number of hydrogen-bond donors (Lipinski definition) is 3. The van der Waals surface area contributed by atoms with Gasteiger partial charge < -0.3 is 30.4 Å². The van der Waals surface area contributed by atoms with Crippen molar-refractivity contribution in [1.82, 2.24) is 15.1 Å². The first-order chi connectivity index (χ1) is 15.6. The van der Waals surface area contributed by atoms with Crippen LogP contribution in [0.25, 0.3) is 33.5 Å². The highest BCUT2D eigenvalue weighted by Gasteiger charge is 2.18. The minimum Gasteiger partial charge on any atom is -0.493 e. The third-order valence-electron chi connectivity index (χ3n) is 5.67. The molecule has 0 aliphatic carbocycles. The van der Waals surface area contributed by atoms with Crippen molar-refractivity contribution in [3.8, 4) is 34.1 Å². The van der Waals surface area contributed by atoms with Crippen LogP contribution < -0.4 is 20.9 Å². The smallest absolute Gasteiger partial charge is 0.243 e. The Bertz CT molecular complexity index is 1210. The number of nitrogens with zero attached hydrogens (tertiary/aromatic N) is 2. The molecule has 4 rings (SSSR count). The van der Waals surface area contributed by atoms with E-state index in [0.717, 1.165) is 40.6 Å². The summed E-state index contributed by atoms with van der Waals surface area (Å²) in [7, 11) is 3.27. The average Bonchev–Trinajstić information content (AvgIpc) is 3.46. The summed E-state index contributed by atoms with van der Waals surface area (Å²) >= 11 is 0. The zero-order chi connectivity index (χ0) is 22.7. The van der Waals surface area contributed by atoms with Gasteiger partial charge in [0.1, 0.15) is 0 Å². The van der Waals surface area contributed by atoms with E-state index in [1.807, 2.05) is 30.3 Å². The van der Waals surface area contributed by atoms with Crippen molar-refractivity contribution in [2.75, 3.05) is 20.8 Å². The molecule has 0 aliphatic rings. The number of rotatable bonds is 9. The fourth-order valence-corrected chi connectivity index (χ4v) is 3.96. The maximum atomic E-state index is 6.14. The molecule has 2 aromatic carbocycles. The quantitative estimate of drug-likeness (QED) is 0.360. The lowest BCUT2D eigenvalue weighted by atomic mass is 10.0. The molecule has 0 amide bonds. The van der Waals surface area contributed by atoms with E-state index in [9.17, 15) is 0 Å². The normalized spacial score (nSPS) is 12.3. The molecule has 32 heavy (non-hydrogen) atoms. The molecule has 8 heteroatoms. The number of fused-ring (bicyclic) bond motifs is 1. The maximum Gasteiger partial charge on any atom is 0.243 e. The predicted molar refractivity (Wildman–Crippen MR) is 125 cm³/mol. The first-order valence-corrected chi connectivity index (χ1v) is 10.8. The van der Waals surface area contributed by atoms with Crippen molar-refractivity contribution in [3.05, 3.63) is 47.9 Å². The molecule has 0 unspecified atom stereocenters. The summed E-state index contributed by atoms with van der Waals surface area (Å²) < 4.78 is 16.3. The Hall–Kier alpha value is -3.36. The maximum absolute atomic E-state index is 6.14. The number of aromatic amines is 1. The number of nitrogens with two attached hydrogens (primary N) is 2. The molecule has 0 spiro atoms. The van der Waals surface area contributed by atoms with Gasteiger partial charge in [0, 0.05) is 27.7 Å². The van der Waals surface area contributed by atoms with Crippen molar-refractivity contribution >= 4 is 10.9 Å². The minimum atomic E-state index is -0.307. The van der Waals surface area contributed by atoms with Crippen LogP contribution in [0.15, 0.2) is 40.9 Å². The molecular weight excluding hydrogens is 406 g/mol. The second kappa shape index (κ2) is 9.42. The fraction of sp³-hybridized carbons (Fsp3) is 0.333. The van der Waals surface area contributed by atoms with Crippen LogP contribution in [0.3, 0.4) is 0 Å². The van der Waals surface area contributed by atoms with E-state index in [4.69, 9.17) is 25.5 Å². The molecular formula is C24H29N5O3. The van der Waals surface area contributed by atoms with Gasteiger partial charge in [-0.25, -0.2) is 0 Å². The van der Waals surface area contributed by atoms with Gasteiger partial charge >= 0.3 is 0 Å². The second-order valence-electron chi connectivity index (χ2n) is 7.66. The molecule has 5 N–H and O–H groups in total. The Labute approximate surface area is 186 Å². The van der Waals surface area contributed by atoms with Crippen molar-refractivity contribution in [1.29, 1.82) is 0 Å².